The Morgan fingerprint density at radius 1 is 1.43 bits per heavy atom. The second-order valence-corrected chi connectivity index (χ2v) is 4.62. The molecule has 0 amide bonds. The van der Waals surface area contributed by atoms with Crippen LogP contribution in [-0.2, 0) is 6.54 Å². The fraction of sp³-hybridized carbons (Fsp3) is 0.286. The smallest absolute Gasteiger partial charge is 0.340 e. The van der Waals surface area contributed by atoms with E-state index < -0.39 is 11.8 Å². The zero-order valence-corrected chi connectivity index (χ0v) is 11.4. The van der Waals surface area contributed by atoms with E-state index in [-0.39, 0.29) is 11.3 Å². The van der Waals surface area contributed by atoms with E-state index in [0.29, 0.717) is 12.2 Å². The number of carboxylic acids is 1. The molecule has 1 aromatic carbocycles. The number of rotatable bonds is 7. The molecule has 0 aliphatic carbocycles. The number of hydrogen-bond donors (Lipinski definition) is 3. The van der Waals surface area contributed by atoms with Gasteiger partial charge in [-0.15, -0.1) is 0 Å². The number of aromatic nitrogens is 2. The van der Waals surface area contributed by atoms with Crippen molar-refractivity contribution in [2.45, 2.75) is 19.4 Å². The van der Waals surface area contributed by atoms with Gasteiger partial charge in [-0.25, -0.2) is 14.2 Å². The molecule has 0 saturated heterocycles. The topological polar surface area (TPSA) is 93.2 Å². The summed E-state index contributed by atoms with van der Waals surface area (Å²) >= 11 is 0. The van der Waals surface area contributed by atoms with Crippen LogP contribution in [0.25, 0.3) is 0 Å². The average Bonchev–Trinajstić information content (AvgIpc) is 2.95. The van der Waals surface area contributed by atoms with Gasteiger partial charge in [-0.05, 0) is 25.0 Å². The van der Waals surface area contributed by atoms with Gasteiger partial charge in [0.15, 0.2) is 0 Å². The van der Waals surface area contributed by atoms with Gasteiger partial charge in [0.2, 0.25) is 0 Å². The van der Waals surface area contributed by atoms with E-state index in [0.717, 1.165) is 25.5 Å². The summed E-state index contributed by atoms with van der Waals surface area (Å²) in [5.74, 6) is -1.97. The highest BCUT2D eigenvalue weighted by Gasteiger charge is 2.16. The fourth-order valence-corrected chi connectivity index (χ4v) is 2.03. The molecule has 0 aliphatic heterocycles. The number of imidazole rings is 1. The van der Waals surface area contributed by atoms with Crippen LogP contribution in [-0.4, -0.2) is 27.2 Å². The first kappa shape index (κ1) is 14.8. The van der Waals surface area contributed by atoms with E-state index in [1.165, 1.54) is 6.07 Å². The summed E-state index contributed by atoms with van der Waals surface area (Å²) in [5.41, 5.74) is 5.25. The summed E-state index contributed by atoms with van der Waals surface area (Å²) < 4.78 is 15.3. The van der Waals surface area contributed by atoms with Crippen LogP contribution in [0, 0.1) is 5.82 Å². The number of halogens is 1. The number of aryl methyl sites for hydroxylation is 1. The molecular weight excluding hydrogens is 275 g/mol. The number of carboxylic acid groups (broad SMARTS) is 1. The minimum absolute atomic E-state index is 0.218. The minimum atomic E-state index is -1.24. The normalized spacial score (nSPS) is 10.5. The largest absolute Gasteiger partial charge is 0.478 e. The molecule has 1 heterocycles. The van der Waals surface area contributed by atoms with Crippen molar-refractivity contribution in [1.29, 1.82) is 0 Å². The molecule has 0 saturated carbocycles. The third-order valence-electron chi connectivity index (χ3n) is 3.12. The van der Waals surface area contributed by atoms with Crippen LogP contribution < -0.4 is 11.1 Å². The Kier molecular flexibility index (Phi) is 4.76. The number of nitrogens with zero attached hydrogens (tertiary/aromatic N) is 2. The number of nitrogens with two attached hydrogens (primary N) is 1. The molecule has 2 rings (SSSR count). The molecule has 0 bridgehead atoms. The van der Waals surface area contributed by atoms with Gasteiger partial charge in [0.25, 0.3) is 0 Å². The van der Waals surface area contributed by atoms with Gasteiger partial charge in [-0.2, -0.15) is 0 Å². The molecule has 0 aliphatic rings. The van der Waals surface area contributed by atoms with E-state index in [1.54, 1.807) is 12.5 Å². The van der Waals surface area contributed by atoms with E-state index in [2.05, 4.69) is 10.3 Å². The Morgan fingerprint density at radius 3 is 2.90 bits per heavy atom. The van der Waals surface area contributed by atoms with Crippen molar-refractivity contribution >= 4 is 17.3 Å². The van der Waals surface area contributed by atoms with E-state index >= 15 is 0 Å². The number of anilines is 2. The van der Waals surface area contributed by atoms with Gasteiger partial charge >= 0.3 is 5.97 Å². The molecule has 0 atom stereocenters. The summed E-state index contributed by atoms with van der Waals surface area (Å²) in [5, 5.41) is 12.1. The monoisotopic (exact) mass is 292 g/mol. The van der Waals surface area contributed by atoms with Crippen molar-refractivity contribution in [3.05, 3.63) is 42.2 Å². The molecule has 0 fully saturated rings. The molecular formula is C14H17FN4O2. The SMILES string of the molecule is Nc1c(F)ccc(NCCCCn2ccnc2)c1C(=O)O. The van der Waals surface area contributed by atoms with Gasteiger partial charge in [0.1, 0.15) is 11.4 Å². The Labute approximate surface area is 121 Å². The van der Waals surface area contributed by atoms with Gasteiger partial charge in [-0.1, -0.05) is 0 Å². The van der Waals surface area contributed by atoms with Gasteiger partial charge in [0, 0.05) is 25.5 Å². The van der Waals surface area contributed by atoms with Crippen LogP contribution in [0.3, 0.4) is 0 Å². The highest BCUT2D eigenvalue weighted by atomic mass is 19.1. The lowest BCUT2D eigenvalue weighted by atomic mass is 10.1. The molecule has 7 heteroatoms. The quantitative estimate of drug-likeness (QED) is 0.537. The molecule has 21 heavy (non-hydrogen) atoms. The van der Waals surface area contributed by atoms with Crippen molar-refractivity contribution in [2.24, 2.45) is 0 Å². The Balaban J connectivity index is 1.88. The summed E-state index contributed by atoms with van der Waals surface area (Å²) in [4.78, 5) is 15.1. The standard InChI is InChI=1S/C14H17FN4O2/c15-10-3-4-11(12(13(10)16)14(20)21)18-5-1-2-7-19-8-6-17-9-19/h3-4,6,8-9,18H,1-2,5,7,16H2,(H,20,21). The maximum absolute atomic E-state index is 13.3. The lowest BCUT2D eigenvalue weighted by Crippen LogP contribution is -2.12. The van der Waals surface area contributed by atoms with Crippen LogP contribution in [0.1, 0.15) is 23.2 Å². The Hall–Kier alpha value is -2.57. The third kappa shape index (κ3) is 3.71. The number of aromatic carboxylic acids is 1. The molecule has 112 valence electrons. The highest BCUT2D eigenvalue weighted by molar-refractivity contribution is 6.00. The second-order valence-electron chi connectivity index (χ2n) is 4.62. The fourth-order valence-electron chi connectivity index (χ4n) is 2.03. The first-order valence-corrected chi connectivity index (χ1v) is 6.60. The first-order chi connectivity index (χ1) is 10.1. The number of hydrogen-bond acceptors (Lipinski definition) is 4. The summed E-state index contributed by atoms with van der Waals surface area (Å²) in [7, 11) is 0. The average molecular weight is 292 g/mol. The highest BCUT2D eigenvalue weighted by Crippen LogP contribution is 2.25. The predicted molar refractivity (Wildman–Crippen MR) is 77.7 cm³/mol. The molecule has 1 aromatic heterocycles. The summed E-state index contributed by atoms with van der Waals surface area (Å²) in [6.45, 7) is 1.43. The van der Waals surface area contributed by atoms with Crippen molar-refractivity contribution in [3.63, 3.8) is 0 Å². The summed E-state index contributed by atoms with van der Waals surface area (Å²) in [6.07, 6.45) is 7.11. The zero-order valence-electron chi connectivity index (χ0n) is 11.4. The predicted octanol–water partition coefficient (Wildman–Crippen LogP) is 2.19. The van der Waals surface area contributed by atoms with Crippen LogP contribution in [0.4, 0.5) is 15.8 Å². The number of benzene rings is 1. The first-order valence-electron chi connectivity index (χ1n) is 6.60. The molecule has 6 nitrogen and oxygen atoms in total. The Morgan fingerprint density at radius 2 is 2.24 bits per heavy atom. The van der Waals surface area contributed by atoms with E-state index in [4.69, 9.17) is 10.8 Å². The van der Waals surface area contributed by atoms with Crippen LogP contribution in [0.5, 0.6) is 0 Å². The second kappa shape index (κ2) is 6.74. The van der Waals surface area contributed by atoms with Crippen molar-refractivity contribution < 1.29 is 14.3 Å². The molecule has 0 radical (unpaired) electrons. The number of carbonyl (C=O) groups is 1. The lowest BCUT2D eigenvalue weighted by Gasteiger charge is -2.12. The molecule has 4 N–H and O–H groups in total. The number of nitrogen functional groups attached to an aromatic ring is 1. The molecule has 0 spiro atoms. The van der Waals surface area contributed by atoms with Crippen LogP contribution >= 0.6 is 0 Å². The number of unbranched alkanes of at least 4 members (excludes halogenated alkanes) is 1. The van der Waals surface area contributed by atoms with Gasteiger partial charge in [0.05, 0.1) is 17.7 Å². The molecule has 0 unspecified atom stereocenters. The third-order valence-corrected chi connectivity index (χ3v) is 3.12. The maximum Gasteiger partial charge on any atom is 0.340 e. The summed E-state index contributed by atoms with van der Waals surface area (Å²) in [6, 6.07) is 2.56. The van der Waals surface area contributed by atoms with Crippen molar-refractivity contribution in [1.82, 2.24) is 9.55 Å². The number of nitrogens with one attached hydrogen (secondary N) is 1. The van der Waals surface area contributed by atoms with Crippen molar-refractivity contribution in [2.75, 3.05) is 17.6 Å². The zero-order chi connectivity index (χ0) is 15.2. The van der Waals surface area contributed by atoms with Crippen molar-refractivity contribution in [3.8, 4) is 0 Å². The lowest BCUT2D eigenvalue weighted by molar-refractivity contribution is 0.0698. The minimum Gasteiger partial charge on any atom is -0.478 e. The maximum atomic E-state index is 13.3. The van der Waals surface area contributed by atoms with E-state index in [1.807, 2.05) is 10.8 Å². The van der Waals surface area contributed by atoms with Gasteiger partial charge in [-0.3, -0.25) is 0 Å². The molecule has 2 aromatic rings. The Bertz CT molecular complexity index is 614. The van der Waals surface area contributed by atoms with Crippen LogP contribution in [0.15, 0.2) is 30.9 Å². The van der Waals surface area contributed by atoms with Gasteiger partial charge < -0.3 is 20.7 Å². The van der Waals surface area contributed by atoms with Crippen LogP contribution in [0.2, 0.25) is 0 Å². The van der Waals surface area contributed by atoms with E-state index in [9.17, 15) is 9.18 Å².